The molecular weight excluding hydrogens is 520 g/mol. The third kappa shape index (κ3) is 3.72. The van der Waals surface area contributed by atoms with Gasteiger partial charge < -0.3 is 4.42 Å². The van der Waals surface area contributed by atoms with Gasteiger partial charge in [0.25, 0.3) is 0 Å². The first-order chi connectivity index (χ1) is 24.7. The Balaban J connectivity index is 1.41. The first-order valence-electron chi connectivity index (χ1n) is 18.4. The molecule has 0 radical (unpaired) electrons. The van der Waals surface area contributed by atoms with Crippen molar-refractivity contribution in [3.05, 3.63) is 163 Å². The minimum absolute atomic E-state index is 0.0912. The van der Waals surface area contributed by atoms with Crippen LogP contribution in [0.5, 0.6) is 0 Å². The predicted octanol–water partition coefficient (Wildman–Crippen LogP) is 11.6. The van der Waals surface area contributed by atoms with Crippen molar-refractivity contribution < 1.29 is 15.4 Å². The molecule has 43 heavy (non-hydrogen) atoms. The van der Waals surface area contributed by atoms with Crippen molar-refractivity contribution in [1.82, 2.24) is 0 Å². The van der Waals surface area contributed by atoms with Gasteiger partial charge in [-0.05, 0) is 67.1 Å². The van der Waals surface area contributed by atoms with E-state index in [2.05, 4.69) is 30.4 Å². The molecule has 2 aliphatic rings. The Kier molecular flexibility index (Phi) is 3.90. The van der Waals surface area contributed by atoms with Gasteiger partial charge in [0.1, 0.15) is 11.3 Å². The zero-order valence-electron chi connectivity index (χ0n) is 31.0. The van der Waals surface area contributed by atoms with Gasteiger partial charge in [0.05, 0.1) is 11.0 Å². The van der Waals surface area contributed by atoms with Gasteiger partial charge in [-0.3, -0.25) is 0 Å². The Hall–Kier alpha value is -5.40. The highest BCUT2D eigenvalue weighted by atomic mass is 16.3. The highest BCUT2D eigenvalue weighted by molar-refractivity contribution is 6.21. The summed E-state index contributed by atoms with van der Waals surface area (Å²) in [6.07, 6.45) is 12.7. The number of benzene rings is 6. The van der Waals surface area contributed by atoms with Crippen LogP contribution in [0.2, 0.25) is 0 Å². The molecule has 0 fully saturated rings. The molecule has 202 valence electrons. The molecule has 0 aliphatic heterocycles. The Morgan fingerprint density at radius 1 is 0.581 bits per heavy atom. The van der Waals surface area contributed by atoms with Crippen LogP contribution in [0.25, 0.3) is 72.0 Å². The lowest BCUT2D eigenvalue weighted by atomic mass is 9.80. The topological polar surface area (TPSA) is 13.1 Å². The Morgan fingerprint density at radius 3 is 1.95 bits per heavy atom. The first kappa shape index (κ1) is 17.5. The van der Waals surface area contributed by atoms with E-state index in [1.165, 1.54) is 0 Å². The maximum Gasteiger partial charge on any atom is 0.135 e. The van der Waals surface area contributed by atoms with Gasteiger partial charge in [0.2, 0.25) is 0 Å². The van der Waals surface area contributed by atoms with Crippen molar-refractivity contribution in [2.24, 2.45) is 5.92 Å². The van der Waals surface area contributed by atoms with Crippen LogP contribution in [0.1, 0.15) is 28.2 Å². The van der Waals surface area contributed by atoms with Crippen molar-refractivity contribution in [2.45, 2.75) is 5.92 Å². The van der Waals surface area contributed by atoms with Gasteiger partial charge in [-0.25, -0.2) is 0 Å². The Bertz CT molecular complexity index is 2660. The van der Waals surface area contributed by atoms with Crippen molar-refractivity contribution in [3.63, 3.8) is 0 Å². The van der Waals surface area contributed by atoms with E-state index in [4.69, 9.17) is 12.6 Å². The molecule has 1 nitrogen and oxygen atoms in total. The van der Waals surface area contributed by atoms with E-state index < -0.39 is 24.2 Å². The fourth-order valence-electron chi connectivity index (χ4n) is 6.77. The number of furan rings is 1. The summed E-state index contributed by atoms with van der Waals surface area (Å²) < 4.78 is 78.1. The number of hydrogen-bond acceptors (Lipinski definition) is 1. The zero-order chi connectivity index (χ0) is 35.3. The van der Waals surface area contributed by atoms with Crippen molar-refractivity contribution >= 4 is 38.6 Å². The average molecular weight is 557 g/mol. The third-order valence-electron chi connectivity index (χ3n) is 8.65. The minimum atomic E-state index is -0.421. The summed E-state index contributed by atoms with van der Waals surface area (Å²) >= 11 is 0. The van der Waals surface area contributed by atoms with Crippen LogP contribution in [0.4, 0.5) is 0 Å². The second-order valence-electron chi connectivity index (χ2n) is 11.0. The summed E-state index contributed by atoms with van der Waals surface area (Å²) in [5.74, 6) is 1.21. The largest absolute Gasteiger partial charge is 0.460 e. The molecule has 1 aromatic heterocycles. The number of rotatable bonds is 3. The third-order valence-corrected chi connectivity index (χ3v) is 8.65. The molecule has 9 rings (SSSR count). The summed E-state index contributed by atoms with van der Waals surface area (Å²) in [6.45, 7) is 0. The van der Waals surface area contributed by atoms with Gasteiger partial charge >= 0.3 is 0 Å². The lowest BCUT2D eigenvalue weighted by Crippen LogP contribution is -2.11. The van der Waals surface area contributed by atoms with Gasteiger partial charge in [0.15, 0.2) is 0 Å². The molecule has 0 spiro atoms. The molecule has 0 saturated heterocycles. The average Bonchev–Trinajstić information content (AvgIpc) is 3.56. The van der Waals surface area contributed by atoms with Crippen LogP contribution in [-0.4, -0.2) is 0 Å². The smallest absolute Gasteiger partial charge is 0.135 e. The predicted molar refractivity (Wildman–Crippen MR) is 181 cm³/mol. The molecular formula is C42H28O. The highest BCUT2D eigenvalue weighted by Gasteiger charge is 2.30. The minimum Gasteiger partial charge on any atom is -0.460 e. The van der Waals surface area contributed by atoms with Crippen LogP contribution < -0.4 is 0 Å². The highest BCUT2D eigenvalue weighted by Crippen LogP contribution is 2.47. The van der Waals surface area contributed by atoms with E-state index in [1.54, 1.807) is 24.3 Å². The Morgan fingerprint density at radius 2 is 1.21 bits per heavy atom. The van der Waals surface area contributed by atoms with Crippen molar-refractivity contribution in [3.8, 4) is 33.4 Å². The molecule has 2 aliphatic carbocycles. The van der Waals surface area contributed by atoms with Crippen LogP contribution in [-0.2, 0) is 0 Å². The molecule has 0 saturated carbocycles. The molecule has 0 amide bonds. The van der Waals surface area contributed by atoms with Crippen molar-refractivity contribution in [2.75, 3.05) is 0 Å². The molecule has 6 aromatic carbocycles. The van der Waals surface area contributed by atoms with Crippen LogP contribution in [0.3, 0.4) is 0 Å². The fraction of sp³-hybridized carbons (Fsp3) is 0.0476. The van der Waals surface area contributed by atoms with E-state index in [0.717, 1.165) is 33.4 Å². The fourth-order valence-corrected chi connectivity index (χ4v) is 6.77. The normalized spacial score (nSPS) is 19.6. The van der Waals surface area contributed by atoms with Crippen LogP contribution in [0.15, 0.2) is 156 Å². The summed E-state index contributed by atoms with van der Waals surface area (Å²) in [5.41, 5.74) is 5.30. The maximum absolute atomic E-state index is 9.24. The number of fused-ring (bicyclic) bond motifs is 7. The second kappa shape index (κ2) is 9.58. The molecule has 0 bridgehead atoms. The number of allylic oxidation sites excluding steroid dienone is 5. The molecule has 1 heterocycles. The van der Waals surface area contributed by atoms with E-state index in [0.29, 0.717) is 22.3 Å². The lowest BCUT2D eigenvalue weighted by molar-refractivity contribution is 0.492. The van der Waals surface area contributed by atoms with E-state index in [-0.39, 0.29) is 57.6 Å². The van der Waals surface area contributed by atoms with Crippen molar-refractivity contribution in [1.29, 1.82) is 0 Å². The quantitative estimate of drug-likeness (QED) is 0.197. The maximum atomic E-state index is 9.24. The van der Waals surface area contributed by atoms with Crippen LogP contribution >= 0.6 is 0 Å². The lowest BCUT2D eigenvalue weighted by Gasteiger charge is -2.23. The molecule has 2 atom stereocenters. The SMILES string of the molecule is [2H]c1c([2H])c([2H])c2c(-c3cccc(-c4cccc5oc6c(c45)C=CC4C=CC=CC64)c3)c3c([2H])c([2H])c([2H])c([2H])c3c(-c3ccccc3)c2c1[2H]. The Labute approximate surface area is 262 Å². The molecule has 7 aromatic rings. The summed E-state index contributed by atoms with van der Waals surface area (Å²) in [5, 5.41) is 1.75. The van der Waals surface area contributed by atoms with Gasteiger partial charge in [-0.15, -0.1) is 0 Å². The standard InChI is InChI=1S/C42H28O/c1-2-13-28(14-3-1)39-33-18-6-8-20-35(33)40(36-21-9-7-19-34(36)39)30-16-10-15-29(26-30)31-22-11-23-38-41(31)37-25-24-27-12-4-5-17-32(27)42(37)43-38/h1-27,32H/i6D,7D,8D,9D,18D,19D,20D,21D. The summed E-state index contributed by atoms with van der Waals surface area (Å²) in [7, 11) is 0. The van der Waals surface area contributed by atoms with Gasteiger partial charge in [-0.2, -0.15) is 0 Å². The van der Waals surface area contributed by atoms with Gasteiger partial charge in [0, 0.05) is 22.8 Å². The molecule has 1 heteroatoms. The van der Waals surface area contributed by atoms with E-state index in [9.17, 15) is 2.74 Å². The first-order valence-corrected chi connectivity index (χ1v) is 14.4. The molecule has 0 N–H and O–H groups in total. The van der Waals surface area contributed by atoms with Crippen LogP contribution in [0, 0.1) is 5.92 Å². The number of hydrogen-bond donors (Lipinski definition) is 0. The monoisotopic (exact) mass is 556 g/mol. The summed E-state index contributed by atoms with van der Waals surface area (Å²) in [4.78, 5) is 0. The van der Waals surface area contributed by atoms with E-state index >= 15 is 0 Å². The second-order valence-corrected chi connectivity index (χ2v) is 11.0. The van der Waals surface area contributed by atoms with Gasteiger partial charge in [-0.1, -0.05) is 145 Å². The summed E-state index contributed by atoms with van der Waals surface area (Å²) in [6, 6.07) is 19.8. The zero-order valence-corrected chi connectivity index (χ0v) is 23.0. The van der Waals surface area contributed by atoms with E-state index in [1.807, 2.05) is 54.6 Å². The molecule has 2 unspecified atom stereocenters.